The van der Waals surface area contributed by atoms with E-state index in [1.54, 1.807) is 33.0 Å². The van der Waals surface area contributed by atoms with E-state index in [0.717, 1.165) is 11.1 Å². The van der Waals surface area contributed by atoms with Crippen molar-refractivity contribution in [3.8, 4) is 0 Å². The first kappa shape index (κ1) is 34.4. The number of nitrogens with zero attached hydrogens (tertiary/aromatic N) is 3. The standard InChI is InChI=1S/C41H40N4O7/c1-40(2,3)52-39(49)45-34(35(46)42-4)23-41(30-20-12-14-22-33(30)44(36(41)45)38(48)51-26-28-17-9-6-10-18-28)31-24-43(32-21-13-11-19-29(31)32)37(47)50-25-27-15-7-5-8-16-27/h5-22,24,34,36H,23,25-26H2,1-4H3,(H,42,46). The van der Waals surface area contributed by atoms with Crippen LogP contribution in [0.4, 0.5) is 20.1 Å². The number of rotatable bonds is 6. The summed E-state index contributed by atoms with van der Waals surface area (Å²) in [6.45, 7) is 5.27. The topological polar surface area (TPSA) is 119 Å². The van der Waals surface area contributed by atoms with Crippen LogP contribution in [0, 0.1) is 0 Å². The summed E-state index contributed by atoms with van der Waals surface area (Å²) in [5.74, 6) is -0.430. The first-order valence-corrected chi connectivity index (χ1v) is 17.2. The van der Waals surface area contributed by atoms with E-state index in [-0.39, 0.29) is 19.6 Å². The van der Waals surface area contributed by atoms with Gasteiger partial charge in [-0.3, -0.25) is 19.2 Å². The number of fused-ring (bicyclic) bond motifs is 4. The van der Waals surface area contributed by atoms with E-state index in [1.807, 2.05) is 103 Å². The number of hydrogen-bond donors (Lipinski definition) is 1. The molecular formula is C41H40N4O7. The highest BCUT2D eigenvalue weighted by Gasteiger charge is 2.67. The zero-order chi connectivity index (χ0) is 36.6. The van der Waals surface area contributed by atoms with Crippen LogP contribution in [0.1, 0.15) is 49.4 Å². The molecule has 11 heteroatoms. The number of benzene rings is 4. The number of likely N-dealkylation sites (tertiary alicyclic amines) is 1. The van der Waals surface area contributed by atoms with Crippen molar-refractivity contribution in [2.24, 2.45) is 0 Å². The van der Waals surface area contributed by atoms with Gasteiger partial charge in [0, 0.05) is 18.6 Å². The molecule has 3 heterocycles. The summed E-state index contributed by atoms with van der Waals surface area (Å²) < 4.78 is 19.1. The molecule has 0 spiro atoms. The summed E-state index contributed by atoms with van der Waals surface area (Å²) in [4.78, 5) is 59.3. The van der Waals surface area contributed by atoms with Crippen molar-refractivity contribution >= 4 is 40.8 Å². The van der Waals surface area contributed by atoms with Gasteiger partial charge in [-0.25, -0.2) is 14.4 Å². The second-order valence-corrected chi connectivity index (χ2v) is 14.0. The summed E-state index contributed by atoms with van der Waals surface area (Å²) in [6.07, 6.45) is -1.42. The van der Waals surface area contributed by atoms with E-state index >= 15 is 0 Å². The third kappa shape index (κ3) is 6.01. The van der Waals surface area contributed by atoms with E-state index in [4.69, 9.17) is 14.2 Å². The molecule has 11 nitrogen and oxygen atoms in total. The Hall–Kier alpha value is -6.10. The normalized spacial score (nSPS) is 19.2. The molecule has 1 aromatic heterocycles. The van der Waals surface area contributed by atoms with E-state index < -0.39 is 47.4 Å². The fourth-order valence-corrected chi connectivity index (χ4v) is 7.49. The molecule has 3 amide bonds. The summed E-state index contributed by atoms with van der Waals surface area (Å²) in [5.41, 5.74) is 1.88. The molecule has 0 aliphatic carbocycles. The van der Waals surface area contributed by atoms with Gasteiger partial charge in [0.15, 0.2) is 0 Å². The van der Waals surface area contributed by atoms with E-state index in [2.05, 4.69) is 5.32 Å². The maximum absolute atomic E-state index is 14.4. The molecule has 0 saturated carbocycles. The Morgan fingerprint density at radius 2 is 1.31 bits per heavy atom. The van der Waals surface area contributed by atoms with Gasteiger partial charge >= 0.3 is 18.3 Å². The lowest BCUT2D eigenvalue weighted by Gasteiger charge is -2.38. The quantitative estimate of drug-likeness (QED) is 0.184. The lowest BCUT2D eigenvalue weighted by Crippen LogP contribution is -2.58. The average Bonchev–Trinajstić information content (AvgIpc) is 3.79. The maximum atomic E-state index is 14.4. The van der Waals surface area contributed by atoms with Crippen LogP contribution < -0.4 is 10.2 Å². The number of ether oxygens (including phenoxy) is 3. The van der Waals surface area contributed by atoms with Crippen molar-refractivity contribution in [3.63, 3.8) is 0 Å². The Bertz CT molecular complexity index is 2140. The minimum absolute atomic E-state index is 0.0179. The molecule has 3 unspecified atom stereocenters. The van der Waals surface area contributed by atoms with Gasteiger partial charge in [0.05, 0.1) is 16.6 Å². The number of likely N-dealkylation sites (N-methyl/N-ethyl adjacent to an activating group) is 1. The predicted molar refractivity (Wildman–Crippen MR) is 195 cm³/mol. The van der Waals surface area contributed by atoms with Crippen LogP contribution in [0.3, 0.4) is 0 Å². The lowest BCUT2D eigenvalue weighted by molar-refractivity contribution is -0.125. The summed E-state index contributed by atoms with van der Waals surface area (Å²) >= 11 is 0. The predicted octanol–water partition coefficient (Wildman–Crippen LogP) is 7.35. The molecule has 0 bridgehead atoms. The van der Waals surface area contributed by atoms with E-state index in [0.29, 0.717) is 27.7 Å². The van der Waals surface area contributed by atoms with E-state index in [1.165, 1.54) is 21.4 Å². The molecule has 1 fully saturated rings. The van der Waals surface area contributed by atoms with Crippen molar-refractivity contribution in [1.29, 1.82) is 0 Å². The van der Waals surface area contributed by atoms with Crippen LogP contribution >= 0.6 is 0 Å². The second-order valence-electron chi connectivity index (χ2n) is 14.0. The maximum Gasteiger partial charge on any atom is 0.418 e. The Kier molecular flexibility index (Phi) is 8.95. The highest BCUT2D eigenvalue weighted by atomic mass is 16.6. The van der Waals surface area contributed by atoms with Gasteiger partial charge in [-0.15, -0.1) is 0 Å². The molecule has 3 atom stereocenters. The third-order valence-corrected chi connectivity index (χ3v) is 9.59. The number of anilines is 1. The SMILES string of the molecule is CNC(=O)C1CC2(c3cn(C(=O)OCc4ccccc4)c4ccccc34)c3ccccc3N(C(=O)OCc3ccccc3)C2N1C(=O)OC(C)(C)C. The smallest absolute Gasteiger partial charge is 0.418 e. The number of para-hydroxylation sites is 2. The van der Waals surface area contributed by atoms with Crippen LogP contribution in [0.5, 0.6) is 0 Å². The zero-order valence-corrected chi connectivity index (χ0v) is 29.4. The second kappa shape index (κ2) is 13.6. The van der Waals surface area contributed by atoms with Crippen LogP contribution in [0.25, 0.3) is 10.9 Å². The fraction of sp³-hybridized carbons (Fsp3) is 0.268. The molecular weight excluding hydrogens is 660 g/mol. The zero-order valence-electron chi connectivity index (χ0n) is 29.4. The van der Waals surface area contributed by atoms with Gasteiger partial charge in [0.2, 0.25) is 5.91 Å². The Morgan fingerprint density at radius 3 is 1.94 bits per heavy atom. The fourth-order valence-electron chi connectivity index (χ4n) is 7.49. The van der Waals surface area contributed by atoms with Gasteiger partial charge in [-0.1, -0.05) is 97.1 Å². The number of nitrogens with one attached hydrogen (secondary N) is 1. The summed E-state index contributed by atoms with van der Waals surface area (Å²) in [6, 6.07) is 32.4. The molecule has 0 radical (unpaired) electrons. The molecule has 52 heavy (non-hydrogen) atoms. The first-order valence-electron chi connectivity index (χ1n) is 17.2. The summed E-state index contributed by atoms with van der Waals surface area (Å²) in [7, 11) is 1.50. The lowest BCUT2D eigenvalue weighted by atomic mass is 9.72. The highest BCUT2D eigenvalue weighted by Crippen LogP contribution is 2.59. The van der Waals surface area contributed by atoms with Crippen molar-refractivity contribution in [2.75, 3.05) is 11.9 Å². The van der Waals surface area contributed by atoms with Gasteiger partial charge < -0.3 is 19.5 Å². The number of carbonyl (C=O) groups is 4. The number of hydrogen-bond acceptors (Lipinski definition) is 7. The van der Waals surface area contributed by atoms with Crippen LogP contribution in [0.15, 0.2) is 115 Å². The van der Waals surface area contributed by atoms with Crippen LogP contribution in [-0.2, 0) is 37.6 Å². The number of carbonyl (C=O) groups excluding carboxylic acids is 4. The molecule has 2 aliphatic heterocycles. The van der Waals surface area contributed by atoms with Gasteiger partial charge in [0.1, 0.15) is 31.0 Å². The first-order chi connectivity index (χ1) is 25.0. The highest BCUT2D eigenvalue weighted by molar-refractivity contribution is 6.00. The van der Waals surface area contributed by atoms with Crippen LogP contribution in [-0.4, -0.2) is 58.5 Å². The molecule has 5 aromatic rings. The molecule has 2 aliphatic rings. The number of aromatic nitrogens is 1. The molecule has 1 saturated heterocycles. The largest absolute Gasteiger partial charge is 0.444 e. The molecule has 1 N–H and O–H groups in total. The van der Waals surface area contributed by atoms with E-state index in [9.17, 15) is 19.2 Å². The monoisotopic (exact) mass is 700 g/mol. The Balaban J connectivity index is 1.41. The van der Waals surface area contributed by atoms with Crippen molar-refractivity contribution in [1.82, 2.24) is 14.8 Å². The van der Waals surface area contributed by atoms with Gasteiger partial charge in [-0.05, 0) is 61.6 Å². The van der Waals surface area contributed by atoms with Crippen molar-refractivity contribution < 1.29 is 33.4 Å². The third-order valence-electron chi connectivity index (χ3n) is 9.59. The Labute approximate surface area is 301 Å². The molecule has 4 aromatic carbocycles. The minimum Gasteiger partial charge on any atom is -0.444 e. The molecule has 7 rings (SSSR count). The van der Waals surface area contributed by atoms with Crippen molar-refractivity contribution in [3.05, 3.63) is 138 Å². The van der Waals surface area contributed by atoms with Gasteiger partial charge in [-0.2, -0.15) is 0 Å². The average molecular weight is 701 g/mol. The molecule has 266 valence electrons. The minimum atomic E-state index is -1.22. The summed E-state index contributed by atoms with van der Waals surface area (Å²) in [5, 5.41) is 3.41. The number of amides is 3. The van der Waals surface area contributed by atoms with Crippen LogP contribution in [0.2, 0.25) is 0 Å². The van der Waals surface area contributed by atoms with Gasteiger partial charge in [0.25, 0.3) is 0 Å². The Morgan fingerprint density at radius 1 is 0.731 bits per heavy atom. The van der Waals surface area contributed by atoms with Crippen molar-refractivity contribution in [2.45, 2.75) is 63.6 Å².